The van der Waals surface area contributed by atoms with Gasteiger partial charge in [-0.2, -0.15) is 0 Å². The minimum atomic E-state index is 0.394. The Morgan fingerprint density at radius 2 is 2.22 bits per heavy atom. The van der Waals surface area contributed by atoms with Gasteiger partial charge in [0.1, 0.15) is 0 Å². The summed E-state index contributed by atoms with van der Waals surface area (Å²) in [4.78, 5) is 8.66. The maximum atomic E-state index is 4.56. The molecule has 1 aromatic rings. The lowest BCUT2D eigenvalue weighted by Crippen LogP contribution is -2.41. The number of hydrogen-bond donors (Lipinski definition) is 2. The van der Waals surface area contributed by atoms with E-state index in [2.05, 4.69) is 54.4 Å². The van der Waals surface area contributed by atoms with E-state index in [4.69, 9.17) is 0 Å². The van der Waals surface area contributed by atoms with Crippen LogP contribution in [0.25, 0.3) is 0 Å². The standard InChI is InChI=1S/C14H24N4/c1-5-16-14(18-11(2)3)17-9-7-13-6-8-15-10-12(13)4/h6,8,10-11H,5,7,9H2,1-4H3,(H2,16,17,18). The summed E-state index contributed by atoms with van der Waals surface area (Å²) in [6.07, 6.45) is 4.68. The summed E-state index contributed by atoms with van der Waals surface area (Å²) in [7, 11) is 0. The van der Waals surface area contributed by atoms with Crippen molar-refractivity contribution >= 4 is 5.96 Å². The Hall–Kier alpha value is -1.58. The fourth-order valence-corrected chi connectivity index (χ4v) is 1.66. The monoisotopic (exact) mass is 248 g/mol. The topological polar surface area (TPSA) is 49.3 Å². The van der Waals surface area contributed by atoms with Crippen LogP contribution in [0.2, 0.25) is 0 Å². The van der Waals surface area contributed by atoms with Gasteiger partial charge >= 0.3 is 0 Å². The van der Waals surface area contributed by atoms with Gasteiger partial charge in [0.05, 0.1) is 0 Å². The van der Waals surface area contributed by atoms with Gasteiger partial charge in [0.15, 0.2) is 5.96 Å². The average Bonchev–Trinajstić information content (AvgIpc) is 2.31. The van der Waals surface area contributed by atoms with Crippen molar-refractivity contribution in [2.45, 2.75) is 40.2 Å². The molecular weight excluding hydrogens is 224 g/mol. The number of guanidine groups is 1. The maximum Gasteiger partial charge on any atom is 0.191 e. The van der Waals surface area contributed by atoms with Crippen LogP contribution in [0.5, 0.6) is 0 Å². The molecule has 0 unspecified atom stereocenters. The molecule has 18 heavy (non-hydrogen) atoms. The summed E-state index contributed by atoms with van der Waals surface area (Å²) in [5, 5.41) is 6.55. The predicted octanol–water partition coefficient (Wildman–Crippen LogP) is 1.90. The zero-order chi connectivity index (χ0) is 13.4. The van der Waals surface area contributed by atoms with E-state index >= 15 is 0 Å². The summed E-state index contributed by atoms with van der Waals surface area (Å²) < 4.78 is 0. The van der Waals surface area contributed by atoms with E-state index in [1.807, 2.05) is 12.4 Å². The molecule has 1 rings (SSSR count). The Bertz CT molecular complexity index is 385. The molecule has 0 amide bonds. The van der Waals surface area contributed by atoms with Gasteiger partial charge in [0, 0.05) is 31.5 Å². The van der Waals surface area contributed by atoms with Crippen LogP contribution in [0.1, 0.15) is 31.9 Å². The van der Waals surface area contributed by atoms with Crippen LogP contribution in [0.15, 0.2) is 23.5 Å². The van der Waals surface area contributed by atoms with Crippen molar-refractivity contribution in [1.82, 2.24) is 15.6 Å². The molecule has 0 radical (unpaired) electrons. The van der Waals surface area contributed by atoms with Gasteiger partial charge < -0.3 is 10.6 Å². The molecule has 2 N–H and O–H groups in total. The lowest BCUT2D eigenvalue weighted by molar-refractivity contribution is 0.700. The number of rotatable bonds is 5. The molecular formula is C14H24N4. The van der Waals surface area contributed by atoms with Crippen molar-refractivity contribution in [3.8, 4) is 0 Å². The Morgan fingerprint density at radius 1 is 1.44 bits per heavy atom. The van der Waals surface area contributed by atoms with Gasteiger partial charge in [-0.25, -0.2) is 0 Å². The molecule has 1 heterocycles. The van der Waals surface area contributed by atoms with Gasteiger partial charge in [-0.1, -0.05) is 0 Å². The Balaban J connectivity index is 2.53. The van der Waals surface area contributed by atoms with E-state index in [0.717, 1.165) is 25.5 Å². The smallest absolute Gasteiger partial charge is 0.191 e. The Kier molecular flexibility index (Phi) is 6.19. The fourth-order valence-electron chi connectivity index (χ4n) is 1.66. The van der Waals surface area contributed by atoms with E-state index in [1.54, 1.807) is 0 Å². The molecule has 0 aliphatic rings. The highest BCUT2D eigenvalue weighted by atomic mass is 15.2. The molecule has 0 saturated carbocycles. The second-order valence-electron chi connectivity index (χ2n) is 4.61. The minimum Gasteiger partial charge on any atom is -0.357 e. The molecule has 0 saturated heterocycles. The number of nitrogens with zero attached hydrogens (tertiary/aromatic N) is 2. The quantitative estimate of drug-likeness (QED) is 0.618. The van der Waals surface area contributed by atoms with E-state index in [0.29, 0.717) is 6.04 Å². The Labute approximate surface area is 110 Å². The first kappa shape index (κ1) is 14.5. The summed E-state index contributed by atoms with van der Waals surface area (Å²) in [5.74, 6) is 0.888. The van der Waals surface area contributed by atoms with Crippen LogP contribution in [0.3, 0.4) is 0 Å². The normalized spacial score (nSPS) is 11.7. The van der Waals surface area contributed by atoms with Crippen molar-refractivity contribution in [3.63, 3.8) is 0 Å². The van der Waals surface area contributed by atoms with Crippen LogP contribution in [-0.4, -0.2) is 30.1 Å². The molecule has 0 atom stereocenters. The Morgan fingerprint density at radius 3 is 2.83 bits per heavy atom. The number of pyridine rings is 1. The number of aryl methyl sites for hydroxylation is 1. The fraction of sp³-hybridized carbons (Fsp3) is 0.571. The number of aromatic nitrogens is 1. The summed E-state index contributed by atoms with van der Waals surface area (Å²) in [5.41, 5.74) is 2.55. The van der Waals surface area contributed by atoms with Crippen molar-refractivity contribution in [1.29, 1.82) is 0 Å². The third-order valence-corrected chi connectivity index (χ3v) is 2.56. The minimum absolute atomic E-state index is 0.394. The summed E-state index contributed by atoms with van der Waals surface area (Å²) in [6.45, 7) is 10.0. The number of hydrogen-bond acceptors (Lipinski definition) is 2. The van der Waals surface area contributed by atoms with Gasteiger partial charge in [-0.05, 0) is 51.3 Å². The van der Waals surface area contributed by atoms with Crippen LogP contribution in [0, 0.1) is 6.92 Å². The molecule has 0 bridgehead atoms. The van der Waals surface area contributed by atoms with Crippen LogP contribution >= 0.6 is 0 Å². The first-order valence-electron chi connectivity index (χ1n) is 6.57. The molecule has 0 fully saturated rings. The zero-order valence-corrected chi connectivity index (χ0v) is 11.8. The molecule has 100 valence electrons. The highest BCUT2D eigenvalue weighted by molar-refractivity contribution is 5.79. The zero-order valence-electron chi connectivity index (χ0n) is 11.8. The van der Waals surface area contributed by atoms with Crippen molar-refractivity contribution < 1.29 is 0 Å². The first-order valence-corrected chi connectivity index (χ1v) is 6.57. The van der Waals surface area contributed by atoms with Crippen LogP contribution < -0.4 is 10.6 Å². The van der Waals surface area contributed by atoms with Crippen LogP contribution in [0.4, 0.5) is 0 Å². The van der Waals surface area contributed by atoms with E-state index in [1.165, 1.54) is 11.1 Å². The third-order valence-electron chi connectivity index (χ3n) is 2.56. The lowest BCUT2D eigenvalue weighted by atomic mass is 10.1. The maximum absolute atomic E-state index is 4.56. The highest BCUT2D eigenvalue weighted by Gasteiger charge is 2.00. The van der Waals surface area contributed by atoms with Gasteiger partial charge in [-0.15, -0.1) is 0 Å². The molecule has 0 spiro atoms. The molecule has 0 aliphatic heterocycles. The molecule has 0 aliphatic carbocycles. The lowest BCUT2D eigenvalue weighted by Gasteiger charge is -2.14. The van der Waals surface area contributed by atoms with Gasteiger partial charge in [0.25, 0.3) is 0 Å². The first-order chi connectivity index (χ1) is 8.63. The number of nitrogens with one attached hydrogen (secondary N) is 2. The summed E-state index contributed by atoms with van der Waals surface area (Å²) >= 11 is 0. The van der Waals surface area contributed by atoms with Crippen molar-refractivity contribution in [3.05, 3.63) is 29.6 Å². The predicted molar refractivity (Wildman–Crippen MR) is 76.9 cm³/mol. The molecule has 1 aromatic heterocycles. The van der Waals surface area contributed by atoms with Crippen molar-refractivity contribution in [2.75, 3.05) is 13.1 Å². The second-order valence-corrected chi connectivity index (χ2v) is 4.61. The average molecular weight is 248 g/mol. The van der Waals surface area contributed by atoms with Crippen LogP contribution in [-0.2, 0) is 6.42 Å². The molecule has 0 aromatic carbocycles. The third kappa shape index (κ3) is 5.17. The molecule has 4 heteroatoms. The summed E-state index contributed by atoms with van der Waals surface area (Å²) in [6, 6.07) is 2.46. The SMILES string of the molecule is CCNC(=NCCc1ccncc1C)NC(C)C. The van der Waals surface area contributed by atoms with Crippen molar-refractivity contribution in [2.24, 2.45) is 4.99 Å². The largest absolute Gasteiger partial charge is 0.357 e. The van der Waals surface area contributed by atoms with Gasteiger partial charge in [-0.3, -0.25) is 9.98 Å². The second kappa shape index (κ2) is 7.69. The van der Waals surface area contributed by atoms with E-state index in [-0.39, 0.29) is 0 Å². The molecule has 4 nitrogen and oxygen atoms in total. The van der Waals surface area contributed by atoms with E-state index in [9.17, 15) is 0 Å². The van der Waals surface area contributed by atoms with E-state index < -0.39 is 0 Å². The van der Waals surface area contributed by atoms with Gasteiger partial charge in [0.2, 0.25) is 0 Å². The number of aliphatic imine (C=N–C) groups is 1. The highest BCUT2D eigenvalue weighted by Crippen LogP contribution is 2.05.